The molecule has 0 aromatic heterocycles. The number of hydrogen-bond acceptors (Lipinski definition) is 3. The highest BCUT2D eigenvalue weighted by atomic mass is 16.6. The molecular weight excluding hydrogens is 222 g/mol. The average molecular weight is 239 g/mol. The van der Waals surface area contributed by atoms with Crippen LogP contribution >= 0.6 is 0 Å². The first kappa shape index (κ1) is 12.1. The van der Waals surface area contributed by atoms with Crippen LogP contribution in [0.5, 0.6) is 0 Å². The maximum Gasteiger partial charge on any atom is 0.304 e. The monoisotopic (exact) mass is 239 g/mol. The van der Waals surface area contributed by atoms with Crippen molar-refractivity contribution in [3.63, 3.8) is 0 Å². The molecule has 0 heterocycles. The molecule has 17 heavy (non-hydrogen) atoms. The fraction of sp³-hybridized carbons (Fsp3) is 0.750. The van der Waals surface area contributed by atoms with Crippen LogP contribution < -0.4 is 0 Å². The van der Waals surface area contributed by atoms with Gasteiger partial charge in [0.15, 0.2) is 0 Å². The van der Waals surface area contributed by atoms with Gasteiger partial charge in [-0.2, -0.15) is 0 Å². The number of nitro groups is 1. The third-order valence-electron chi connectivity index (χ3n) is 4.46. The van der Waals surface area contributed by atoms with Gasteiger partial charge in [0.1, 0.15) is 0 Å². The number of rotatable bonds is 4. The summed E-state index contributed by atoms with van der Waals surface area (Å²) in [6.07, 6.45) is 1.58. The van der Waals surface area contributed by atoms with Crippen LogP contribution in [0.2, 0.25) is 0 Å². The number of carboxylic acid groups (broad SMARTS) is 1. The molecule has 0 aliphatic heterocycles. The van der Waals surface area contributed by atoms with Crippen LogP contribution in [0.15, 0.2) is 11.1 Å². The third kappa shape index (κ3) is 1.83. The predicted octanol–water partition coefficient (Wildman–Crippen LogP) is 2.10. The third-order valence-corrected chi connectivity index (χ3v) is 4.46. The lowest BCUT2D eigenvalue weighted by Gasteiger charge is -2.50. The Morgan fingerprint density at radius 3 is 2.71 bits per heavy atom. The van der Waals surface area contributed by atoms with Gasteiger partial charge in [-0.05, 0) is 38.5 Å². The van der Waals surface area contributed by atoms with Gasteiger partial charge in [0.05, 0.1) is 11.8 Å². The summed E-state index contributed by atoms with van der Waals surface area (Å²) >= 11 is 0. The van der Waals surface area contributed by atoms with Crippen molar-refractivity contribution in [1.82, 2.24) is 0 Å². The SMILES string of the molecule is CC1=C(C)[C@H]2[C@@H](C1)C[C@]2(CC(=O)O)C[N+](=O)[O-]. The smallest absolute Gasteiger partial charge is 0.304 e. The molecule has 0 unspecified atom stereocenters. The summed E-state index contributed by atoms with van der Waals surface area (Å²) < 4.78 is 0. The van der Waals surface area contributed by atoms with Crippen molar-refractivity contribution in [1.29, 1.82) is 0 Å². The van der Waals surface area contributed by atoms with Crippen molar-refractivity contribution >= 4 is 5.97 Å². The normalized spacial score (nSPS) is 35.4. The number of hydrogen-bond donors (Lipinski definition) is 1. The van der Waals surface area contributed by atoms with Gasteiger partial charge in [-0.15, -0.1) is 0 Å². The lowest BCUT2D eigenvalue weighted by Crippen LogP contribution is -2.51. The first-order valence-electron chi connectivity index (χ1n) is 5.85. The van der Waals surface area contributed by atoms with Crippen molar-refractivity contribution in [2.45, 2.75) is 33.1 Å². The van der Waals surface area contributed by atoms with Gasteiger partial charge < -0.3 is 5.11 Å². The Balaban J connectivity index is 2.25. The molecule has 3 atom stereocenters. The molecule has 2 aliphatic rings. The zero-order valence-corrected chi connectivity index (χ0v) is 10.1. The number of allylic oxidation sites excluding steroid dienone is 2. The van der Waals surface area contributed by atoms with Crippen LogP contribution in [0.4, 0.5) is 0 Å². The van der Waals surface area contributed by atoms with Gasteiger partial charge >= 0.3 is 5.97 Å². The summed E-state index contributed by atoms with van der Waals surface area (Å²) in [5, 5.41) is 19.7. The summed E-state index contributed by atoms with van der Waals surface area (Å²) in [6, 6.07) is 0. The minimum atomic E-state index is -0.928. The van der Waals surface area contributed by atoms with Crippen LogP contribution in [0.1, 0.15) is 33.1 Å². The highest BCUT2D eigenvalue weighted by Crippen LogP contribution is 2.62. The van der Waals surface area contributed by atoms with Gasteiger partial charge in [0, 0.05) is 4.92 Å². The topological polar surface area (TPSA) is 80.4 Å². The molecule has 0 bridgehead atoms. The van der Waals surface area contributed by atoms with E-state index in [0.29, 0.717) is 12.3 Å². The van der Waals surface area contributed by atoms with E-state index >= 15 is 0 Å². The summed E-state index contributed by atoms with van der Waals surface area (Å²) in [5.74, 6) is -0.374. The van der Waals surface area contributed by atoms with Crippen LogP contribution in [0.25, 0.3) is 0 Å². The van der Waals surface area contributed by atoms with Crippen LogP contribution in [-0.4, -0.2) is 22.5 Å². The van der Waals surface area contributed by atoms with Crippen molar-refractivity contribution in [3.05, 3.63) is 21.3 Å². The second kappa shape index (κ2) is 3.82. The molecule has 1 saturated carbocycles. The number of fused-ring (bicyclic) bond motifs is 1. The summed E-state index contributed by atoms with van der Waals surface area (Å²) in [6.45, 7) is 3.83. The van der Waals surface area contributed by atoms with Gasteiger partial charge in [-0.25, -0.2) is 0 Å². The molecule has 0 spiro atoms. The van der Waals surface area contributed by atoms with Gasteiger partial charge in [0.2, 0.25) is 6.54 Å². The summed E-state index contributed by atoms with van der Waals surface area (Å²) in [5.41, 5.74) is 1.84. The maximum atomic E-state index is 10.9. The molecule has 1 N–H and O–H groups in total. The van der Waals surface area contributed by atoms with E-state index in [9.17, 15) is 14.9 Å². The molecule has 5 nitrogen and oxygen atoms in total. The zero-order valence-electron chi connectivity index (χ0n) is 10.1. The first-order chi connectivity index (χ1) is 7.85. The van der Waals surface area contributed by atoms with Crippen molar-refractivity contribution in [2.75, 3.05) is 6.54 Å². The largest absolute Gasteiger partial charge is 0.481 e. The molecule has 0 aromatic rings. The average Bonchev–Trinajstić information content (AvgIpc) is 2.35. The Morgan fingerprint density at radius 1 is 1.59 bits per heavy atom. The van der Waals surface area contributed by atoms with Crippen LogP contribution in [-0.2, 0) is 4.79 Å². The second-order valence-corrected chi connectivity index (χ2v) is 5.53. The molecule has 1 fully saturated rings. The standard InChI is InChI=1S/C12H17NO4/c1-7-3-9-4-12(5-10(14)15,6-13(16)17)11(9)8(7)2/h9,11H,3-6H2,1-2H3,(H,14,15)/t9-,11-,12-/m0/s1. The number of nitrogens with zero attached hydrogens (tertiary/aromatic N) is 1. The fourth-order valence-corrected chi connectivity index (χ4v) is 3.89. The lowest BCUT2D eigenvalue weighted by molar-refractivity contribution is -0.506. The summed E-state index contributed by atoms with van der Waals surface area (Å²) in [7, 11) is 0. The Hall–Kier alpha value is -1.39. The molecule has 0 radical (unpaired) electrons. The molecule has 2 rings (SSSR count). The minimum Gasteiger partial charge on any atom is -0.481 e. The van der Waals surface area contributed by atoms with E-state index in [4.69, 9.17) is 5.11 Å². The molecule has 5 heteroatoms. The van der Waals surface area contributed by atoms with E-state index < -0.39 is 11.4 Å². The first-order valence-corrected chi connectivity index (χ1v) is 5.85. The highest BCUT2D eigenvalue weighted by molar-refractivity contribution is 5.68. The molecular formula is C12H17NO4. The van der Waals surface area contributed by atoms with Crippen molar-refractivity contribution < 1.29 is 14.8 Å². The lowest BCUT2D eigenvalue weighted by atomic mass is 9.52. The van der Waals surface area contributed by atoms with E-state index in [0.717, 1.165) is 6.42 Å². The van der Waals surface area contributed by atoms with E-state index in [1.54, 1.807) is 0 Å². The zero-order chi connectivity index (χ0) is 12.8. The Labute approximate surface area is 99.7 Å². The van der Waals surface area contributed by atoms with E-state index in [1.807, 2.05) is 13.8 Å². The fourth-order valence-electron chi connectivity index (χ4n) is 3.89. The van der Waals surface area contributed by atoms with Crippen LogP contribution in [0, 0.1) is 27.4 Å². The number of aliphatic carboxylic acids is 1. The van der Waals surface area contributed by atoms with Crippen LogP contribution in [0.3, 0.4) is 0 Å². The molecule has 2 aliphatic carbocycles. The molecule has 0 saturated heterocycles. The van der Waals surface area contributed by atoms with Gasteiger partial charge in [-0.3, -0.25) is 14.9 Å². The number of carboxylic acids is 1. The highest BCUT2D eigenvalue weighted by Gasteiger charge is 2.60. The Kier molecular flexibility index (Phi) is 2.72. The number of carbonyl (C=O) groups is 1. The quantitative estimate of drug-likeness (QED) is 0.463. The van der Waals surface area contributed by atoms with Crippen molar-refractivity contribution in [2.24, 2.45) is 17.3 Å². The van der Waals surface area contributed by atoms with E-state index in [1.165, 1.54) is 11.1 Å². The second-order valence-electron chi connectivity index (χ2n) is 5.53. The van der Waals surface area contributed by atoms with Gasteiger partial charge in [0.25, 0.3) is 0 Å². The Morgan fingerprint density at radius 2 is 2.24 bits per heavy atom. The van der Waals surface area contributed by atoms with Crippen molar-refractivity contribution in [3.8, 4) is 0 Å². The van der Waals surface area contributed by atoms with E-state index in [-0.39, 0.29) is 23.8 Å². The van der Waals surface area contributed by atoms with E-state index in [2.05, 4.69) is 0 Å². The molecule has 0 aromatic carbocycles. The molecule has 0 amide bonds. The summed E-state index contributed by atoms with van der Waals surface area (Å²) in [4.78, 5) is 21.3. The minimum absolute atomic E-state index is 0.0836. The predicted molar refractivity (Wildman–Crippen MR) is 61.1 cm³/mol. The Bertz CT molecular complexity index is 397. The molecule has 94 valence electrons. The van der Waals surface area contributed by atoms with Gasteiger partial charge in [-0.1, -0.05) is 11.1 Å². The maximum absolute atomic E-state index is 10.9.